The maximum Gasteiger partial charge on any atom is 0.163 e. The molecule has 1 aliphatic rings. The van der Waals surface area contributed by atoms with E-state index in [0.29, 0.717) is 6.61 Å². The van der Waals surface area contributed by atoms with Gasteiger partial charge in [0, 0.05) is 15.1 Å². The van der Waals surface area contributed by atoms with Gasteiger partial charge < -0.3 is 14.2 Å². The molecular weight excluding hydrogens is 542 g/mol. The molecule has 0 aliphatic carbocycles. The van der Waals surface area contributed by atoms with Crippen molar-refractivity contribution in [1.29, 1.82) is 0 Å². The van der Waals surface area contributed by atoms with Crippen LogP contribution in [0.1, 0.15) is 96.1 Å². The van der Waals surface area contributed by atoms with Gasteiger partial charge in [-0.25, -0.2) is 0 Å². The Balaban J connectivity index is 1.65. The Hall–Kier alpha value is -2.28. The summed E-state index contributed by atoms with van der Waals surface area (Å²) in [5.74, 6) is -0.787. The van der Waals surface area contributed by atoms with Crippen molar-refractivity contribution < 1.29 is 14.2 Å². The lowest BCUT2D eigenvalue weighted by Gasteiger charge is -2.28. The first-order valence-electron chi connectivity index (χ1n) is 15.8. The molecule has 42 heavy (non-hydrogen) atoms. The van der Waals surface area contributed by atoms with Crippen LogP contribution >= 0.6 is 11.8 Å². The van der Waals surface area contributed by atoms with Crippen LogP contribution in [-0.2, 0) is 20.8 Å². The quantitative estimate of drug-likeness (QED) is 0.0382. The van der Waals surface area contributed by atoms with Gasteiger partial charge in [-0.2, -0.15) is 0 Å². The van der Waals surface area contributed by atoms with Crippen molar-refractivity contribution in [3.63, 3.8) is 0 Å². The predicted molar refractivity (Wildman–Crippen MR) is 175 cm³/mol. The Kier molecular flexibility index (Phi) is 15.6. The molecular formula is C35H51N3O3S. The van der Waals surface area contributed by atoms with E-state index in [2.05, 4.69) is 60.3 Å². The highest BCUT2D eigenvalue weighted by molar-refractivity contribution is 8.00. The van der Waals surface area contributed by atoms with Crippen LogP contribution in [0.4, 0.5) is 0 Å². The average molecular weight is 594 g/mol. The molecule has 2 aromatic rings. The minimum absolute atomic E-state index is 0.0832. The molecule has 1 aliphatic heterocycles. The summed E-state index contributed by atoms with van der Waals surface area (Å²) in [4.78, 5) is 4.35. The smallest absolute Gasteiger partial charge is 0.163 e. The first-order chi connectivity index (χ1) is 20.4. The highest BCUT2D eigenvalue weighted by Gasteiger charge is 2.48. The fourth-order valence-electron chi connectivity index (χ4n) is 5.32. The van der Waals surface area contributed by atoms with E-state index in [4.69, 9.17) is 14.2 Å². The van der Waals surface area contributed by atoms with Gasteiger partial charge in [0.05, 0.1) is 25.4 Å². The molecule has 0 amide bonds. The number of ether oxygens (including phenoxy) is 3. The van der Waals surface area contributed by atoms with Gasteiger partial charge in [0.1, 0.15) is 6.10 Å². The lowest BCUT2D eigenvalue weighted by molar-refractivity contribution is -0.149. The summed E-state index contributed by atoms with van der Waals surface area (Å²) in [5.41, 5.74) is 11.7. The Bertz CT molecular complexity index is 1090. The van der Waals surface area contributed by atoms with Crippen LogP contribution in [0.2, 0.25) is 0 Å². The second-order valence-electron chi connectivity index (χ2n) is 11.8. The van der Waals surface area contributed by atoms with E-state index in [0.717, 1.165) is 18.4 Å². The molecule has 0 unspecified atom stereocenters. The topological polar surface area (TPSA) is 76.5 Å². The summed E-state index contributed by atoms with van der Waals surface area (Å²) in [7, 11) is 0. The van der Waals surface area contributed by atoms with Gasteiger partial charge in [-0.1, -0.05) is 117 Å². The molecule has 230 valence electrons. The number of hydrogen-bond acceptors (Lipinski definition) is 5. The summed E-state index contributed by atoms with van der Waals surface area (Å²) in [5, 5.41) is 4.22. The van der Waals surface area contributed by atoms with Gasteiger partial charge in [-0.05, 0) is 63.3 Å². The van der Waals surface area contributed by atoms with Crippen LogP contribution in [0.15, 0.2) is 76.8 Å². The van der Waals surface area contributed by atoms with E-state index in [9.17, 15) is 5.53 Å². The summed E-state index contributed by atoms with van der Waals surface area (Å²) in [6, 6.07) is 18.1. The van der Waals surface area contributed by atoms with Crippen molar-refractivity contribution in [2.45, 2.75) is 133 Å². The molecule has 1 heterocycles. The van der Waals surface area contributed by atoms with Gasteiger partial charge in [-0.3, -0.25) is 0 Å². The van der Waals surface area contributed by atoms with Crippen LogP contribution < -0.4 is 0 Å². The number of rotatable bonds is 20. The Morgan fingerprint density at radius 1 is 0.929 bits per heavy atom. The molecule has 1 fully saturated rings. The van der Waals surface area contributed by atoms with Crippen LogP contribution in [0.5, 0.6) is 0 Å². The lowest BCUT2D eigenvalue weighted by Crippen LogP contribution is -2.42. The summed E-state index contributed by atoms with van der Waals surface area (Å²) in [6.45, 7) is 8.95. The highest BCUT2D eigenvalue weighted by atomic mass is 32.2. The molecule has 3 rings (SSSR count). The maximum atomic E-state index is 9.44. The second-order valence-corrected chi connectivity index (χ2v) is 13.1. The largest absolute Gasteiger partial charge is 0.376 e. The molecule has 0 bridgehead atoms. The lowest BCUT2D eigenvalue weighted by atomic mass is 10.0. The third-order valence-electron chi connectivity index (χ3n) is 7.58. The fourth-order valence-corrected chi connectivity index (χ4v) is 6.51. The first kappa shape index (κ1) is 34.2. The zero-order valence-corrected chi connectivity index (χ0v) is 26.9. The van der Waals surface area contributed by atoms with Gasteiger partial charge in [0.2, 0.25) is 0 Å². The SMILES string of the molecule is CCCCCCCCCC/C=C/C[C@H](Sc1ccc(C)cc1)[C@H]1OC(C)(C)O[C@@H]1[C@@H](COCc1ccccc1)N=[N+]=[N-]. The second kappa shape index (κ2) is 19.1. The van der Waals surface area contributed by atoms with Gasteiger partial charge in [-0.15, -0.1) is 11.8 Å². The van der Waals surface area contributed by atoms with Crippen LogP contribution in [0, 0.1) is 6.92 Å². The van der Waals surface area contributed by atoms with E-state index in [1.54, 1.807) is 11.8 Å². The van der Waals surface area contributed by atoms with Crippen molar-refractivity contribution in [1.82, 2.24) is 0 Å². The molecule has 2 aromatic carbocycles. The molecule has 0 aromatic heterocycles. The molecule has 4 atom stereocenters. The zero-order chi connectivity index (χ0) is 30.0. The van der Waals surface area contributed by atoms with Crippen molar-refractivity contribution in [3.8, 4) is 0 Å². The Morgan fingerprint density at radius 2 is 1.60 bits per heavy atom. The van der Waals surface area contributed by atoms with Gasteiger partial charge in [0.15, 0.2) is 5.79 Å². The summed E-state index contributed by atoms with van der Waals surface area (Å²) in [6.07, 6.45) is 16.5. The fraction of sp³-hybridized carbons (Fsp3) is 0.600. The standard InChI is InChI=1S/C35H51N3O3S/c1-5-6-7-8-9-10-11-12-13-14-18-21-32(42-30-24-22-28(2)23-25-30)34-33(40-35(3,4)41-34)31(37-38-36)27-39-26-29-19-16-15-17-20-29/h14-20,22-25,31-34H,5-13,21,26-27H2,1-4H3/b18-14+/t31-,32+,33-,34-/m1/s1. The number of azide groups is 1. The normalized spacial score (nSPS) is 19.5. The van der Waals surface area contributed by atoms with Crippen molar-refractivity contribution in [2.75, 3.05) is 6.61 Å². The van der Waals surface area contributed by atoms with Crippen LogP contribution in [0.25, 0.3) is 10.4 Å². The third-order valence-corrected chi connectivity index (χ3v) is 8.88. The molecule has 6 nitrogen and oxygen atoms in total. The maximum absolute atomic E-state index is 9.44. The number of unbranched alkanes of at least 4 members (excludes halogenated alkanes) is 8. The summed E-state index contributed by atoms with van der Waals surface area (Å²) >= 11 is 1.80. The molecule has 0 radical (unpaired) electrons. The highest BCUT2D eigenvalue weighted by Crippen LogP contribution is 2.40. The van der Waals surface area contributed by atoms with Gasteiger partial charge >= 0.3 is 0 Å². The molecule has 0 spiro atoms. The van der Waals surface area contributed by atoms with E-state index in [1.807, 2.05) is 44.2 Å². The number of benzene rings is 2. The van der Waals surface area contributed by atoms with Gasteiger partial charge in [0.25, 0.3) is 0 Å². The van der Waals surface area contributed by atoms with E-state index < -0.39 is 17.9 Å². The number of hydrogen-bond donors (Lipinski definition) is 0. The molecule has 7 heteroatoms. The third kappa shape index (κ3) is 12.5. The molecule has 0 N–H and O–H groups in total. The van der Waals surface area contributed by atoms with Crippen LogP contribution in [0.3, 0.4) is 0 Å². The minimum atomic E-state index is -0.787. The van der Waals surface area contributed by atoms with E-state index in [1.165, 1.54) is 61.8 Å². The van der Waals surface area contributed by atoms with E-state index in [-0.39, 0.29) is 18.0 Å². The molecule has 1 saturated heterocycles. The number of allylic oxidation sites excluding steroid dienone is 2. The van der Waals surface area contributed by atoms with E-state index >= 15 is 0 Å². The molecule has 0 saturated carbocycles. The predicted octanol–water partition coefficient (Wildman–Crippen LogP) is 10.3. The minimum Gasteiger partial charge on any atom is -0.376 e. The number of thioether (sulfide) groups is 1. The number of aryl methyl sites for hydroxylation is 1. The Morgan fingerprint density at radius 3 is 2.29 bits per heavy atom. The average Bonchev–Trinajstić information content (AvgIpc) is 3.31. The first-order valence-corrected chi connectivity index (χ1v) is 16.7. The summed E-state index contributed by atoms with van der Waals surface area (Å²) < 4.78 is 19.0. The van der Waals surface area contributed by atoms with Crippen molar-refractivity contribution in [3.05, 3.63) is 88.3 Å². The van der Waals surface area contributed by atoms with Crippen LogP contribution in [-0.4, -0.2) is 35.9 Å². The Labute approximate surface area is 258 Å². The van der Waals surface area contributed by atoms with Crippen molar-refractivity contribution >= 4 is 11.8 Å². The van der Waals surface area contributed by atoms with Crippen molar-refractivity contribution in [2.24, 2.45) is 5.11 Å². The number of nitrogens with zero attached hydrogens (tertiary/aromatic N) is 3. The monoisotopic (exact) mass is 593 g/mol. The zero-order valence-electron chi connectivity index (χ0n) is 26.1.